The summed E-state index contributed by atoms with van der Waals surface area (Å²) in [6.07, 6.45) is 3.92. The van der Waals surface area contributed by atoms with Crippen molar-refractivity contribution in [2.24, 2.45) is 7.05 Å². The van der Waals surface area contributed by atoms with Crippen LogP contribution in [0.3, 0.4) is 0 Å². The highest BCUT2D eigenvalue weighted by Crippen LogP contribution is 2.27. The molecular formula is C17H21N3O. The number of likely N-dealkylation sites (tertiary alicyclic amines) is 1. The molecule has 0 spiro atoms. The largest absolute Gasteiger partial charge is 0.337 e. The Kier molecular flexibility index (Phi) is 3.78. The van der Waals surface area contributed by atoms with Gasteiger partial charge in [0.25, 0.3) is 5.91 Å². The van der Waals surface area contributed by atoms with E-state index < -0.39 is 0 Å². The first-order valence-corrected chi connectivity index (χ1v) is 7.49. The van der Waals surface area contributed by atoms with Crippen LogP contribution in [0.15, 0.2) is 36.7 Å². The molecule has 1 atom stereocenters. The molecule has 2 heterocycles. The number of nitrogens with zero attached hydrogens (tertiary/aromatic N) is 3. The summed E-state index contributed by atoms with van der Waals surface area (Å²) in [5.41, 5.74) is 2.85. The molecule has 0 N–H and O–H groups in total. The van der Waals surface area contributed by atoms with Crippen LogP contribution in [0.25, 0.3) is 0 Å². The summed E-state index contributed by atoms with van der Waals surface area (Å²) in [6.45, 7) is 3.53. The highest BCUT2D eigenvalue weighted by molar-refractivity contribution is 5.93. The Morgan fingerprint density at radius 2 is 2.05 bits per heavy atom. The first-order chi connectivity index (χ1) is 10.2. The molecule has 110 valence electrons. The van der Waals surface area contributed by atoms with Crippen molar-refractivity contribution in [2.45, 2.75) is 25.7 Å². The van der Waals surface area contributed by atoms with Crippen LogP contribution in [0.5, 0.6) is 0 Å². The Hall–Kier alpha value is -2.10. The number of hydrogen-bond donors (Lipinski definition) is 0. The lowest BCUT2D eigenvalue weighted by atomic mass is 9.90. The van der Waals surface area contributed by atoms with Gasteiger partial charge in [0.1, 0.15) is 5.69 Å². The van der Waals surface area contributed by atoms with E-state index in [1.165, 1.54) is 5.56 Å². The van der Waals surface area contributed by atoms with E-state index in [-0.39, 0.29) is 5.91 Å². The molecule has 1 aliphatic heterocycles. The fraction of sp³-hybridized carbons (Fsp3) is 0.412. The topological polar surface area (TPSA) is 38.1 Å². The predicted octanol–water partition coefficient (Wildman–Crippen LogP) is 2.75. The molecule has 0 bridgehead atoms. The first-order valence-electron chi connectivity index (χ1n) is 7.49. The molecule has 0 saturated carbocycles. The molecule has 1 unspecified atom stereocenters. The van der Waals surface area contributed by atoms with Crippen molar-refractivity contribution in [1.82, 2.24) is 14.5 Å². The van der Waals surface area contributed by atoms with E-state index in [0.717, 1.165) is 31.6 Å². The lowest BCUT2D eigenvalue weighted by Gasteiger charge is -2.33. The summed E-state index contributed by atoms with van der Waals surface area (Å²) in [5.74, 6) is 0.547. The third-order valence-corrected chi connectivity index (χ3v) is 4.30. The van der Waals surface area contributed by atoms with Crippen LogP contribution in [0.4, 0.5) is 0 Å². The van der Waals surface area contributed by atoms with Crippen molar-refractivity contribution in [3.05, 3.63) is 53.6 Å². The van der Waals surface area contributed by atoms with E-state index in [0.29, 0.717) is 11.6 Å². The lowest BCUT2D eigenvalue weighted by Crippen LogP contribution is -2.40. The maximum absolute atomic E-state index is 12.7. The summed E-state index contributed by atoms with van der Waals surface area (Å²) in [5, 5.41) is 0. The zero-order valence-electron chi connectivity index (χ0n) is 12.6. The summed E-state index contributed by atoms with van der Waals surface area (Å²) in [6, 6.07) is 10.5. The van der Waals surface area contributed by atoms with Crippen molar-refractivity contribution in [1.29, 1.82) is 0 Å². The molecule has 1 aliphatic rings. The van der Waals surface area contributed by atoms with Gasteiger partial charge in [-0.1, -0.05) is 30.3 Å². The van der Waals surface area contributed by atoms with Gasteiger partial charge in [0.2, 0.25) is 0 Å². The predicted molar refractivity (Wildman–Crippen MR) is 82.3 cm³/mol. The fourth-order valence-electron chi connectivity index (χ4n) is 3.16. The van der Waals surface area contributed by atoms with Gasteiger partial charge in [0.05, 0.1) is 12.0 Å². The number of rotatable bonds is 2. The van der Waals surface area contributed by atoms with E-state index in [4.69, 9.17) is 0 Å². The van der Waals surface area contributed by atoms with Gasteiger partial charge in [-0.05, 0) is 25.3 Å². The number of amides is 1. The average molecular weight is 283 g/mol. The highest BCUT2D eigenvalue weighted by Gasteiger charge is 2.27. The number of aromatic nitrogens is 2. The van der Waals surface area contributed by atoms with Crippen molar-refractivity contribution in [3.8, 4) is 0 Å². The number of piperidine rings is 1. The number of benzene rings is 1. The van der Waals surface area contributed by atoms with Gasteiger partial charge in [0, 0.05) is 26.1 Å². The normalized spacial score (nSPS) is 18.8. The quantitative estimate of drug-likeness (QED) is 0.850. The second-order valence-corrected chi connectivity index (χ2v) is 5.79. The van der Waals surface area contributed by atoms with Gasteiger partial charge in [-0.3, -0.25) is 4.79 Å². The summed E-state index contributed by atoms with van der Waals surface area (Å²) in [7, 11) is 1.88. The SMILES string of the molecule is Cc1ncn(C)c1C(=O)N1CCCC(c2ccccc2)C1. The average Bonchev–Trinajstić information content (AvgIpc) is 2.86. The zero-order valence-corrected chi connectivity index (χ0v) is 12.6. The van der Waals surface area contributed by atoms with Crippen molar-refractivity contribution < 1.29 is 4.79 Å². The van der Waals surface area contributed by atoms with Crippen molar-refractivity contribution in [2.75, 3.05) is 13.1 Å². The molecule has 4 heteroatoms. The number of carbonyl (C=O) groups is 1. The number of aryl methyl sites for hydroxylation is 2. The molecule has 1 aromatic heterocycles. The monoisotopic (exact) mass is 283 g/mol. The Labute approximate surface area is 125 Å². The smallest absolute Gasteiger partial charge is 0.272 e. The fourth-order valence-corrected chi connectivity index (χ4v) is 3.16. The molecule has 1 amide bonds. The molecule has 2 aromatic rings. The zero-order chi connectivity index (χ0) is 14.8. The van der Waals surface area contributed by atoms with Crippen LogP contribution < -0.4 is 0 Å². The molecular weight excluding hydrogens is 262 g/mol. The van der Waals surface area contributed by atoms with Crippen LogP contribution >= 0.6 is 0 Å². The molecule has 21 heavy (non-hydrogen) atoms. The third kappa shape index (κ3) is 2.71. The number of imidazole rings is 1. The van der Waals surface area contributed by atoms with Gasteiger partial charge in [-0.15, -0.1) is 0 Å². The minimum atomic E-state index is 0.105. The maximum atomic E-state index is 12.7. The maximum Gasteiger partial charge on any atom is 0.272 e. The van der Waals surface area contributed by atoms with E-state index in [1.807, 2.05) is 29.5 Å². The van der Waals surface area contributed by atoms with Crippen LogP contribution in [0, 0.1) is 6.92 Å². The third-order valence-electron chi connectivity index (χ3n) is 4.30. The lowest BCUT2D eigenvalue weighted by molar-refractivity contribution is 0.0696. The molecule has 0 radical (unpaired) electrons. The van der Waals surface area contributed by atoms with Crippen molar-refractivity contribution >= 4 is 5.91 Å². The van der Waals surface area contributed by atoms with Gasteiger partial charge >= 0.3 is 0 Å². The summed E-state index contributed by atoms with van der Waals surface area (Å²) < 4.78 is 1.82. The number of carbonyl (C=O) groups excluding carboxylic acids is 1. The Balaban J connectivity index is 1.79. The summed E-state index contributed by atoms with van der Waals surface area (Å²) in [4.78, 5) is 18.9. The van der Waals surface area contributed by atoms with E-state index in [9.17, 15) is 4.79 Å². The van der Waals surface area contributed by atoms with Crippen LogP contribution in [-0.2, 0) is 7.05 Å². The standard InChI is InChI=1S/C17H21N3O/c1-13-16(19(2)12-18-13)17(21)20-10-6-9-15(11-20)14-7-4-3-5-8-14/h3-5,7-8,12,15H,6,9-11H2,1-2H3. The van der Waals surface area contributed by atoms with E-state index in [1.54, 1.807) is 6.33 Å². The summed E-state index contributed by atoms with van der Waals surface area (Å²) >= 11 is 0. The number of hydrogen-bond acceptors (Lipinski definition) is 2. The van der Waals surface area contributed by atoms with Crippen LogP contribution in [0.2, 0.25) is 0 Å². The molecule has 1 fully saturated rings. The van der Waals surface area contributed by atoms with Crippen LogP contribution in [0.1, 0.15) is 40.5 Å². The van der Waals surface area contributed by atoms with Crippen LogP contribution in [-0.4, -0.2) is 33.4 Å². The molecule has 1 saturated heterocycles. The first kappa shape index (κ1) is 13.9. The van der Waals surface area contributed by atoms with Gasteiger partial charge < -0.3 is 9.47 Å². The highest BCUT2D eigenvalue weighted by atomic mass is 16.2. The Morgan fingerprint density at radius 3 is 2.71 bits per heavy atom. The second kappa shape index (κ2) is 5.72. The Morgan fingerprint density at radius 1 is 1.29 bits per heavy atom. The van der Waals surface area contributed by atoms with Crippen molar-refractivity contribution in [3.63, 3.8) is 0 Å². The molecule has 4 nitrogen and oxygen atoms in total. The van der Waals surface area contributed by atoms with Gasteiger partial charge in [-0.2, -0.15) is 0 Å². The second-order valence-electron chi connectivity index (χ2n) is 5.79. The molecule has 0 aliphatic carbocycles. The van der Waals surface area contributed by atoms with E-state index in [2.05, 4.69) is 29.2 Å². The molecule has 3 rings (SSSR count). The van der Waals surface area contributed by atoms with E-state index >= 15 is 0 Å². The molecule has 1 aromatic carbocycles. The van der Waals surface area contributed by atoms with Gasteiger partial charge in [-0.25, -0.2) is 4.98 Å². The minimum absolute atomic E-state index is 0.105. The minimum Gasteiger partial charge on any atom is -0.337 e. The van der Waals surface area contributed by atoms with Gasteiger partial charge in [0.15, 0.2) is 0 Å². The Bertz CT molecular complexity index is 613.